The molecule has 0 aromatic rings. The molecule has 5 heteroatoms. The molecule has 1 aliphatic rings. The van der Waals surface area contributed by atoms with Gasteiger partial charge in [0.25, 0.3) is 0 Å². The molecular weight excluding hydrogens is 256 g/mol. The molecule has 5 nitrogen and oxygen atoms in total. The van der Waals surface area contributed by atoms with Gasteiger partial charge in [-0.25, -0.2) is 0 Å². The van der Waals surface area contributed by atoms with E-state index in [9.17, 15) is 9.59 Å². The summed E-state index contributed by atoms with van der Waals surface area (Å²) < 4.78 is 0. The van der Waals surface area contributed by atoms with Crippen molar-refractivity contribution in [2.45, 2.75) is 58.3 Å². The van der Waals surface area contributed by atoms with Crippen LogP contribution in [-0.2, 0) is 9.59 Å². The Kier molecular flexibility index (Phi) is 7.59. The summed E-state index contributed by atoms with van der Waals surface area (Å²) in [4.78, 5) is 22.8. The standard InChI is InChI=1S/C15H28N2O3/c1-2-8-15(9-6-10-16-12-15)14(20)17-11-5-3-4-7-13(18)19/h16H,2-12H2,1H3,(H,17,20)(H,18,19). The Labute approximate surface area is 121 Å². The molecule has 0 spiro atoms. The highest BCUT2D eigenvalue weighted by molar-refractivity contribution is 5.83. The van der Waals surface area contributed by atoms with Crippen LogP contribution in [0.5, 0.6) is 0 Å². The molecule has 1 heterocycles. The number of amides is 1. The number of hydrogen-bond acceptors (Lipinski definition) is 3. The van der Waals surface area contributed by atoms with Gasteiger partial charge in [0.2, 0.25) is 5.91 Å². The number of piperidine rings is 1. The van der Waals surface area contributed by atoms with Crippen LogP contribution < -0.4 is 10.6 Å². The van der Waals surface area contributed by atoms with E-state index in [-0.39, 0.29) is 17.7 Å². The van der Waals surface area contributed by atoms with Gasteiger partial charge in [0.1, 0.15) is 0 Å². The second-order valence-corrected chi connectivity index (χ2v) is 5.77. The molecule has 1 fully saturated rings. The molecule has 0 saturated carbocycles. The fourth-order valence-electron chi connectivity index (χ4n) is 2.93. The molecule has 1 saturated heterocycles. The highest BCUT2D eigenvalue weighted by atomic mass is 16.4. The third-order valence-corrected chi connectivity index (χ3v) is 4.04. The van der Waals surface area contributed by atoms with Crippen molar-refractivity contribution in [3.8, 4) is 0 Å². The normalized spacial score (nSPS) is 22.4. The maximum atomic E-state index is 12.4. The van der Waals surface area contributed by atoms with Gasteiger partial charge in [0.05, 0.1) is 5.41 Å². The number of carbonyl (C=O) groups is 2. The molecule has 1 rings (SSSR count). The maximum absolute atomic E-state index is 12.4. The molecular formula is C15H28N2O3. The number of unbranched alkanes of at least 4 members (excludes halogenated alkanes) is 2. The van der Waals surface area contributed by atoms with Gasteiger partial charge >= 0.3 is 5.97 Å². The summed E-state index contributed by atoms with van der Waals surface area (Å²) in [6.45, 7) is 4.57. The zero-order valence-corrected chi connectivity index (χ0v) is 12.5. The number of carboxylic acids is 1. The summed E-state index contributed by atoms with van der Waals surface area (Å²) in [7, 11) is 0. The predicted molar refractivity (Wildman–Crippen MR) is 78.6 cm³/mol. The summed E-state index contributed by atoms with van der Waals surface area (Å²) in [5, 5.41) is 14.9. The van der Waals surface area contributed by atoms with E-state index < -0.39 is 5.97 Å². The molecule has 3 N–H and O–H groups in total. The number of carbonyl (C=O) groups excluding carboxylic acids is 1. The van der Waals surface area contributed by atoms with Gasteiger partial charge in [0.15, 0.2) is 0 Å². The molecule has 1 unspecified atom stereocenters. The monoisotopic (exact) mass is 284 g/mol. The minimum Gasteiger partial charge on any atom is -0.481 e. The Hall–Kier alpha value is -1.10. The first-order valence-electron chi connectivity index (χ1n) is 7.81. The van der Waals surface area contributed by atoms with Gasteiger partial charge in [0, 0.05) is 19.5 Å². The number of carboxylic acid groups (broad SMARTS) is 1. The predicted octanol–water partition coefficient (Wildman–Crippen LogP) is 1.92. The van der Waals surface area contributed by atoms with Crippen LogP contribution in [0.1, 0.15) is 58.3 Å². The van der Waals surface area contributed by atoms with Crippen LogP contribution in [0.2, 0.25) is 0 Å². The molecule has 0 radical (unpaired) electrons. The zero-order chi connectivity index (χ0) is 14.8. The Morgan fingerprint density at radius 1 is 1.30 bits per heavy atom. The Morgan fingerprint density at radius 2 is 2.10 bits per heavy atom. The topological polar surface area (TPSA) is 78.4 Å². The lowest BCUT2D eigenvalue weighted by molar-refractivity contribution is -0.137. The minimum absolute atomic E-state index is 0.171. The van der Waals surface area contributed by atoms with E-state index in [4.69, 9.17) is 5.11 Å². The SMILES string of the molecule is CCCC1(C(=O)NCCCCCC(=O)O)CCCNC1. The smallest absolute Gasteiger partial charge is 0.303 e. The lowest BCUT2D eigenvalue weighted by Crippen LogP contribution is -2.50. The Morgan fingerprint density at radius 3 is 2.70 bits per heavy atom. The number of hydrogen-bond donors (Lipinski definition) is 3. The van der Waals surface area contributed by atoms with Gasteiger partial charge in [-0.2, -0.15) is 0 Å². The zero-order valence-electron chi connectivity index (χ0n) is 12.5. The average molecular weight is 284 g/mol. The molecule has 1 atom stereocenters. The van der Waals surface area contributed by atoms with Crippen molar-refractivity contribution in [3.05, 3.63) is 0 Å². The van der Waals surface area contributed by atoms with E-state index in [0.717, 1.165) is 51.6 Å². The Balaban J connectivity index is 2.26. The van der Waals surface area contributed by atoms with Gasteiger partial charge in [-0.3, -0.25) is 9.59 Å². The third kappa shape index (κ3) is 5.49. The number of nitrogens with one attached hydrogen (secondary N) is 2. The highest BCUT2D eigenvalue weighted by Gasteiger charge is 2.38. The van der Waals surface area contributed by atoms with Crippen LogP contribution in [-0.4, -0.2) is 36.6 Å². The summed E-state index contributed by atoms with van der Waals surface area (Å²) in [6.07, 6.45) is 6.61. The van der Waals surface area contributed by atoms with E-state index in [0.29, 0.717) is 13.0 Å². The van der Waals surface area contributed by atoms with Crippen molar-refractivity contribution in [1.82, 2.24) is 10.6 Å². The minimum atomic E-state index is -0.746. The largest absolute Gasteiger partial charge is 0.481 e. The molecule has 116 valence electrons. The van der Waals surface area contributed by atoms with E-state index in [1.54, 1.807) is 0 Å². The van der Waals surface area contributed by atoms with Crippen molar-refractivity contribution in [1.29, 1.82) is 0 Å². The van der Waals surface area contributed by atoms with Gasteiger partial charge in [-0.1, -0.05) is 19.8 Å². The van der Waals surface area contributed by atoms with E-state index in [1.807, 2.05) is 0 Å². The van der Waals surface area contributed by atoms with Gasteiger partial charge in [-0.05, 0) is 38.6 Å². The fourth-order valence-corrected chi connectivity index (χ4v) is 2.93. The van der Waals surface area contributed by atoms with Crippen molar-refractivity contribution < 1.29 is 14.7 Å². The van der Waals surface area contributed by atoms with Crippen molar-refractivity contribution >= 4 is 11.9 Å². The van der Waals surface area contributed by atoms with Crippen LogP contribution in [0.15, 0.2) is 0 Å². The lowest BCUT2D eigenvalue weighted by atomic mass is 9.76. The number of aliphatic carboxylic acids is 1. The van der Waals surface area contributed by atoms with E-state index >= 15 is 0 Å². The molecule has 1 amide bonds. The second-order valence-electron chi connectivity index (χ2n) is 5.77. The highest BCUT2D eigenvalue weighted by Crippen LogP contribution is 2.31. The van der Waals surface area contributed by atoms with Crippen LogP contribution in [0.25, 0.3) is 0 Å². The summed E-state index contributed by atoms with van der Waals surface area (Å²) >= 11 is 0. The lowest BCUT2D eigenvalue weighted by Gasteiger charge is -2.36. The molecule has 0 bridgehead atoms. The van der Waals surface area contributed by atoms with E-state index in [1.165, 1.54) is 0 Å². The third-order valence-electron chi connectivity index (χ3n) is 4.04. The first-order chi connectivity index (χ1) is 9.60. The molecule has 20 heavy (non-hydrogen) atoms. The molecule has 1 aliphatic heterocycles. The van der Waals surface area contributed by atoms with Crippen LogP contribution in [0.4, 0.5) is 0 Å². The molecule has 0 aliphatic carbocycles. The summed E-state index contributed by atoms with van der Waals surface area (Å²) in [6, 6.07) is 0. The summed E-state index contributed by atoms with van der Waals surface area (Å²) in [5.41, 5.74) is -0.228. The first-order valence-corrected chi connectivity index (χ1v) is 7.81. The summed E-state index contributed by atoms with van der Waals surface area (Å²) in [5.74, 6) is -0.575. The van der Waals surface area contributed by atoms with Gasteiger partial charge in [-0.15, -0.1) is 0 Å². The second kappa shape index (κ2) is 8.95. The van der Waals surface area contributed by atoms with Crippen molar-refractivity contribution in [2.75, 3.05) is 19.6 Å². The van der Waals surface area contributed by atoms with E-state index in [2.05, 4.69) is 17.6 Å². The fraction of sp³-hybridized carbons (Fsp3) is 0.867. The number of rotatable bonds is 9. The first kappa shape index (κ1) is 17.0. The van der Waals surface area contributed by atoms with Crippen molar-refractivity contribution in [2.24, 2.45) is 5.41 Å². The molecule has 0 aromatic heterocycles. The maximum Gasteiger partial charge on any atom is 0.303 e. The molecule has 0 aromatic carbocycles. The van der Waals surface area contributed by atoms with Crippen LogP contribution in [0, 0.1) is 5.41 Å². The van der Waals surface area contributed by atoms with Crippen LogP contribution in [0.3, 0.4) is 0 Å². The quantitative estimate of drug-likeness (QED) is 0.565. The van der Waals surface area contributed by atoms with Crippen LogP contribution >= 0.6 is 0 Å². The Bertz CT molecular complexity index is 307. The average Bonchev–Trinajstić information content (AvgIpc) is 2.43. The van der Waals surface area contributed by atoms with Crippen molar-refractivity contribution in [3.63, 3.8) is 0 Å². The van der Waals surface area contributed by atoms with Gasteiger partial charge < -0.3 is 15.7 Å².